The number of pyridine rings is 1. The standard InChI is InChI=1S/C14H20N2O4/c1-10(2)4-7-20-8-6-16-13(17)12-9-11(14(18)19)3-5-15-12/h3,5,9-10H,4,6-8H2,1-2H3,(H,16,17)(H,18,19). The molecule has 0 bridgehead atoms. The van der Waals surface area contributed by atoms with Crippen LogP contribution in [0.2, 0.25) is 0 Å². The summed E-state index contributed by atoms with van der Waals surface area (Å²) in [6.45, 7) is 5.70. The summed E-state index contributed by atoms with van der Waals surface area (Å²) in [5.41, 5.74) is 0.130. The Morgan fingerprint density at radius 2 is 2.15 bits per heavy atom. The number of hydrogen-bond acceptors (Lipinski definition) is 4. The van der Waals surface area contributed by atoms with Crippen molar-refractivity contribution in [1.82, 2.24) is 10.3 Å². The van der Waals surface area contributed by atoms with Gasteiger partial charge < -0.3 is 15.2 Å². The number of hydrogen-bond donors (Lipinski definition) is 2. The lowest BCUT2D eigenvalue weighted by Gasteiger charge is -2.07. The zero-order valence-electron chi connectivity index (χ0n) is 11.8. The summed E-state index contributed by atoms with van der Waals surface area (Å²) in [5.74, 6) is -0.897. The smallest absolute Gasteiger partial charge is 0.335 e. The molecule has 6 heteroatoms. The van der Waals surface area contributed by atoms with E-state index in [2.05, 4.69) is 24.1 Å². The van der Waals surface area contributed by atoms with Crippen molar-refractivity contribution in [3.63, 3.8) is 0 Å². The molecule has 0 aliphatic heterocycles. The second-order valence-corrected chi connectivity index (χ2v) is 4.79. The molecule has 0 aliphatic rings. The van der Waals surface area contributed by atoms with Gasteiger partial charge in [0.2, 0.25) is 0 Å². The van der Waals surface area contributed by atoms with Crippen LogP contribution < -0.4 is 5.32 Å². The van der Waals surface area contributed by atoms with Gasteiger partial charge in [-0.2, -0.15) is 0 Å². The summed E-state index contributed by atoms with van der Waals surface area (Å²) in [4.78, 5) is 26.4. The molecule has 1 aromatic rings. The van der Waals surface area contributed by atoms with Gasteiger partial charge in [-0.1, -0.05) is 13.8 Å². The topological polar surface area (TPSA) is 88.5 Å². The Labute approximate surface area is 118 Å². The Bertz CT molecular complexity index is 460. The molecule has 110 valence electrons. The maximum absolute atomic E-state index is 11.7. The number of ether oxygens (including phenoxy) is 1. The Kier molecular flexibility index (Phi) is 6.66. The monoisotopic (exact) mass is 280 g/mol. The second-order valence-electron chi connectivity index (χ2n) is 4.79. The van der Waals surface area contributed by atoms with E-state index in [0.29, 0.717) is 25.7 Å². The summed E-state index contributed by atoms with van der Waals surface area (Å²) in [6.07, 6.45) is 2.29. The SMILES string of the molecule is CC(C)CCOCCNC(=O)c1cc(C(=O)O)ccn1. The fourth-order valence-corrected chi connectivity index (χ4v) is 1.44. The number of carboxylic acids is 1. The first-order chi connectivity index (χ1) is 9.50. The van der Waals surface area contributed by atoms with Crippen LogP contribution in [0.25, 0.3) is 0 Å². The minimum absolute atomic E-state index is 0.0401. The molecule has 0 aliphatic carbocycles. The molecule has 6 nitrogen and oxygen atoms in total. The first kappa shape index (κ1) is 16.1. The highest BCUT2D eigenvalue weighted by atomic mass is 16.5. The fraction of sp³-hybridized carbons (Fsp3) is 0.500. The summed E-state index contributed by atoms with van der Waals surface area (Å²) < 4.78 is 5.36. The van der Waals surface area contributed by atoms with Crippen molar-refractivity contribution >= 4 is 11.9 Å². The summed E-state index contributed by atoms with van der Waals surface area (Å²) >= 11 is 0. The molecule has 2 N–H and O–H groups in total. The van der Waals surface area contributed by atoms with Crippen LogP contribution in [0.5, 0.6) is 0 Å². The minimum Gasteiger partial charge on any atom is -0.478 e. The average molecular weight is 280 g/mol. The molecule has 0 saturated carbocycles. The number of carbonyl (C=O) groups is 2. The zero-order chi connectivity index (χ0) is 15.0. The van der Waals surface area contributed by atoms with Gasteiger partial charge in [0, 0.05) is 19.3 Å². The number of aromatic nitrogens is 1. The molecule has 0 aromatic carbocycles. The van der Waals surface area contributed by atoms with Gasteiger partial charge in [-0.3, -0.25) is 9.78 Å². The largest absolute Gasteiger partial charge is 0.478 e. The van der Waals surface area contributed by atoms with E-state index in [1.165, 1.54) is 18.3 Å². The van der Waals surface area contributed by atoms with Gasteiger partial charge in [0.25, 0.3) is 5.91 Å². The number of rotatable bonds is 8. The number of carboxylic acid groups (broad SMARTS) is 1. The fourth-order valence-electron chi connectivity index (χ4n) is 1.44. The number of nitrogens with zero attached hydrogens (tertiary/aromatic N) is 1. The van der Waals surface area contributed by atoms with Crippen LogP contribution in [-0.2, 0) is 4.74 Å². The van der Waals surface area contributed by atoms with Crippen LogP contribution >= 0.6 is 0 Å². The Morgan fingerprint density at radius 1 is 1.40 bits per heavy atom. The van der Waals surface area contributed by atoms with E-state index < -0.39 is 11.9 Å². The van der Waals surface area contributed by atoms with E-state index in [9.17, 15) is 9.59 Å². The third-order valence-corrected chi connectivity index (χ3v) is 2.61. The summed E-state index contributed by atoms with van der Waals surface area (Å²) in [6, 6.07) is 2.59. The van der Waals surface area contributed by atoms with Crippen LogP contribution in [0.4, 0.5) is 0 Å². The molecule has 0 saturated heterocycles. The van der Waals surface area contributed by atoms with Gasteiger partial charge >= 0.3 is 5.97 Å². The first-order valence-electron chi connectivity index (χ1n) is 6.56. The third-order valence-electron chi connectivity index (χ3n) is 2.61. The molecule has 1 aromatic heterocycles. The lowest BCUT2D eigenvalue weighted by atomic mass is 10.1. The quantitative estimate of drug-likeness (QED) is 0.706. The Balaban J connectivity index is 2.32. The maximum Gasteiger partial charge on any atom is 0.335 e. The van der Waals surface area contributed by atoms with Gasteiger partial charge in [0.1, 0.15) is 5.69 Å². The van der Waals surface area contributed by atoms with Gasteiger partial charge in [-0.05, 0) is 24.5 Å². The van der Waals surface area contributed by atoms with E-state index >= 15 is 0 Å². The van der Waals surface area contributed by atoms with Crippen molar-refractivity contribution in [2.24, 2.45) is 5.92 Å². The zero-order valence-corrected chi connectivity index (χ0v) is 11.8. The number of amides is 1. The van der Waals surface area contributed by atoms with Crippen molar-refractivity contribution in [2.45, 2.75) is 20.3 Å². The lowest BCUT2D eigenvalue weighted by Crippen LogP contribution is -2.28. The van der Waals surface area contributed by atoms with Crippen molar-refractivity contribution < 1.29 is 19.4 Å². The van der Waals surface area contributed by atoms with Gasteiger partial charge in [0.15, 0.2) is 0 Å². The molecule has 0 radical (unpaired) electrons. The molecule has 0 spiro atoms. The molecule has 1 rings (SSSR count). The second kappa shape index (κ2) is 8.27. The molecule has 0 fully saturated rings. The Morgan fingerprint density at radius 3 is 2.80 bits per heavy atom. The van der Waals surface area contributed by atoms with Gasteiger partial charge in [-0.15, -0.1) is 0 Å². The predicted molar refractivity (Wildman–Crippen MR) is 73.8 cm³/mol. The van der Waals surface area contributed by atoms with E-state index in [1.54, 1.807) is 0 Å². The normalized spacial score (nSPS) is 10.6. The van der Waals surface area contributed by atoms with E-state index in [-0.39, 0.29) is 11.3 Å². The molecule has 1 heterocycles. The number of aromatic carboxylic acids is 1. The highest BCUT2D eigenvalue weighted by Crippen LogP contribution is 2.02. The molecule has 1 amide bonds. The average Bonchev–Trinajstić information content (AvgIpc) is 2.42. The van der Waals surface area contributed by atoms with Crippen LogP contribution in [0.1, 0.15) is 41.1 Å². The number of nitrogens with one attached hydrogen (secondary N) is 1. The van der Waals surface area contributed by atoms with E-state index in [4.69, 9.17) is 9.84 Å². The van der Waals surface area contributed by atoms with Crippen molar-refractivity contribution in [3.05, 3.63) is 29.6 Å². The van der Waals surface area contributed by atoms with Gasteiger partial charge in [-0.25, -0.2) is 4.79 Å². The highest BCUT2D eigenvalue weighted by Gasteiger charge is 2.10. The van der Waals surface area contributed by atoms with Gasteiger partial charge in [0.05, 0.1) is 12.2 Å². The van der Waals surface area contributed by atoms with Crippen LogP contribution in [-0.4, -0.2) is 41.7 Å². The van der Waals surface area contributed by atoms with Crippen LogP contribution in [0, 0.1) is 5.92 Å². The van der Waals surface area contributed by atoms with Crippen LogP contribution in [0.3, 0.4) is 0 Å². The van der Waals surface area contributed by atoms with E-state index in [0.717, 1.165) is 6.42 Å². The lowest BCUT2D eigenvalue weighted by molar-refractivity contribution is 0.0696. The summed E-state index contributed by atoms with van der Waals surface area (Å²) in [7, 11) is 0. The van der Waals surface area contributed by atoms with Crippen molar-refractivity contribution in [2.75, 3.05) is 19.8 Å². The van der Waals surface area contributed by atoms with Crippen molar-refractivity contribution in [3.8, 4) is 0 Å². The van der Waals surface area contributed by atoms with Crippen molar-refractivity contribution in [1.29, 1.82) is 0 Å². The molecular formula is C14H20N2O4. The predicted octanol–water partition coefficient (Wildman–Crippen LogP) is 1.57. The molecule has 20 heavy (non-hydrogen) atoms. The van der Waals surface area contributed by atoms with Crippen LogP contribution in [0.15, 0.2) is 18.3 Å². The highest BCUT2D eigenvalue weighted by molar-refractivity contribution is 5.95. The first-order valence-corrected chi connectivity index (χ1v) is 6.56. The third kappa shape index (κ3) is 5.79. The summed E-state index contributed by atoms with van der Waals surface area (Å²) in [5, 5.41) is 11.5. The molecule has 0 unspecified atom stereocenters. The minimum atomic E-state index is -1.08. The molecular weight excluding hydrogens is 260 g/mol. The Hall–Kier alpha value is -1.95. The number of carbonyl (C=O) groups excluding carboxylic acids is 1. The molecule has 0 atom stereocenters. The maximum atomic E-state index is 11.7. The van der Waals surface area contributed by atoms with E-state index in [1.807, 2.05) is 0 Å².